The van der Waals surface area contributed by atoms with Crippen LogP contribution in [0.2, 0.25) is 0 Å². The van der Waals surface area contributed by atoms with Gasteiger partial charge in [-0.15, -0.1) is 0 Å². The fraction of sp³-hybridized carbons (Fsp3) is 0.318. The molecule has 0 bridgehead atoms. The Bertz CT molecular complexity index is 1110. The Hall–Kier alpha value is -3.46. The monoisotopic (exact) mass is 426 g/mol. The Labute approximate surface area is 178 Å². The van der Waals surface area contributed by atoms with E-state index < -0.39 is 5.97 Å². The lowest BCUT2D eigenvalue weighted by atomic mass is 10.1. The predicted molar refractivity (Wildman–Crippen MR) is 110 cm³/mol. The van der Waals surface area contributed by atoms with Gasteiger partial charge in [0.25, 0.3) is 5.56 Å². The van der Waals surface area contributed by atoms with Crippen molar-refractivity contribution in [2.24, 2.45) is 0 Å². The van der Waals surface area contributed by atoms with Crippen molar-refractivity contribution in [3.05, 3.63) is 81.3 Å². The van der Waals surface area contributed by atoms with Crippen molar-refractivity contribution in [2.75, 3.05) is 20.2 Å². The van der Waals surface area contributed by atoms with E-state index in [1.54, 1.807) is 22.9 Å². The SMILES string of the molecule is COC(=O)c1c(OCc2ccc(F)cc2)cc(=O)n2c1CCN(Cc1ccn[nH]1)CC2. The highest BCUT2D eigenvalue weighted by Crippen LogP contribution is 2.25. The lowest BCUT2D eigenvalue weighted by Gasteiger charge is -2.18. The Balaban J connectivity index is 1.61. The van der Waals surface area contributed by atoms with Crippen LogP contribution in [0.15, 0.2) is 47.4 Å². The van der Waals surface area contributed by atoms with Gasteiger partial charge in [-0.25, -0.2) is 9.18 Å². The second-order valence-corrected chi connectivity index (χ2v) is 7.33. The second-order valence-electron chi connectivity index (χ2n) is 7.33. The van der Waals surface area contributed by atoms with Crippen LogP contribution in [0.1, 0.15) is 27.3 Å². The lowest BCUT2D eigenvalue weighted by Crippen LogP contribution is -2.29. The molecular formula is C22H23FN4O4. The average Bonchev–Trinajstić information content (AvgIpc) is 3.19. The van der Waals surface area contributed by atoms with Crippen molar-refractivity contribution in [3.8, 4) is 5.75 Å². The molecule has 1 aliphatic heterocycles. The van der Waals surface area contributed by atoms with Crippen molar-refractivity contribution in [3.63, 3.8) is 0 Å². The number of hydrogen-bond donors (Lipinski definition) is 1. The number of hydrogen-bond acceptors (Lipinski definition) is 6. The number of carbonyl (C=O) groups excluding carboxylic acids is 1. The molecule has 3 heterocycles. The fourth-order valence-corrected chi connectivity index (χ4v) is 3.74. The zero-order chi connectivity index (χ0) is 21.8. The summed E-state index contributed by atoms with van der Waals surface area (Å²) in [6, 6.07) is 9.09. The van der Waals surface area contributed by atoms with Gasteiger partial charge in [0.15, 0.2) is 0 Å². The lowest BCUT2D eigenvalue weighted by molar-refractivity contribution is 0.0592. The Morgan fingerprint density at radius 2 is 2.00 bits per heavy atom. The molecule has 0 saturated heterocycles. The zero-order valence-electron chi connectivity index (χ0n) is 17.1. The number of methoxy groups -OCH3 is 1. The van der Waals surface area contributed by atoms with E-state index in [1.807, 2.05) is 6.07 Å². The second kappa shape index (κ2) is 9.13. The van der Waals surface area contributed by atoms with E-state index in [4.69, 9.17) is 9.47 Å². The fourth-order valence-electron chi connectivity index (χ4n) is 3.74. The molecule has 2 aromatic heterocycles. The number of aromatic nitrogens is 3. The van der Waals surface area contributed by atoms with Gasteiger partial charge < -0.3 is 14.0 Å². The molecule has 8 nitrogen and oxygen atoms in total. The van der Waals surface area contributed by atoms with Crippen LogP contribution in [0, 0.1) is 5.82 Å². The van der Waals surface area contributed by atoms with E-state index in [1.165, 1.54) is 25.3 Å². The third kappa shape index (κ3) is 4.66. The number of benzene rings is 1. The summed E-state index contributed by atoms with van der Waals surface area (Å²) in [7, 11) is 1.30. The first-order valence-corrected chi connectivity index (χ1v) is 9.98. The number of nitrogens with zero attached hydrogens (tertiary/aromatic N) is 3. The molecule has 1 aliphatic rings. The van der Waals surface area contributed by atoms with Crippen LogP contribution < -0.4 is 10.3 Å². The van der Waals surface area contributed by atoms with Crippen molar-refractivity contribution in [2.45, 2.75) is 26.1 Å². The molecule has 0 spiro atoms. The maximum atomic E-state index is 13.1. The molecule has 162 valence electrons. The zero-order valence-corrected chi connectivity index (χ0v) is 17.1. The maximum absolute atomic E-state index is 13.1. The number of esters is 1. The molecule has 3 aromatic rings. The summed E-state index contributed by atoms with van der Waals surface area (Å²) >= 11 is 0. The molecule has 9 heteroatoms. The summed E-state index contributed by atoms with van der Waals surface area (Å²) in [6.45, 7) is 2.53. The maximum Gasteiger partial charge on any atom is 0.343 e. The van der Waals surface area contributed by atoms with Gasteiger partial charge in [0.1, 0.15) is 23.7 Å². The molecule has 0 saturated carbocycles. The molecule has 4 rings (SSSR count). The summed E-state index contributed by atoms with van der Waals surface area (Å²) in [5.41, 5.74) is 2.32. The minimum atomic E-state index is -0.556. The van der Waals surface area contributed by atoms with Crippen molar-refractivity contribution >= 4 is 5.97 Å². The van der Waals surface area contributed by atoms with E-state index in [-0.39, 0.29) is 29.3 Å². The van der Waals surface area contributed by atoms with Gasteiger partial charge in [-0.2, -0.15) is 5.10 Å². The summed E-state index contributed by atoms with van der Waals surface area (Å²) < 4.78 is 25.6. The van der Waals surface area contributed by atoms with E-state index in [0.29, 0.717) is 38.3 Å². The minimum absolute atomic E-state index is 0.0963. The summed E-state index contributed by atoms with van der Waals surface area (Å²) in [4.78, 5) is 27.7. The first-order valence-electron chi connectivity index (χ1n) is 9.98. The number of rotatable bonds is 6. The van der Waals surface area contributed by atoms with Crippen LogP contribution in [-0.2, 0) is 30.9 Å². The third-order valence-electron chi connectivity index (χ3n) is 5.34. The topological polar surface area (TPSA) is 89.4 Å². The van der Waals surface area contributed by atoms with Crippen molar-refractivity contribution in [1.82, 2.24) is 19.7 Å². The highest BCUT2D eigenvalue weighted by atomic mass is 19.1. The quantitative estimate of drug-likeness (QED) is 0.608. The van der Waals surface area contributed by atoms with E-state index in [0.717, 1.165) is 11.3 Å². The molecule has 0 amide bonds. The molecule has 0 aliphatic carbocycles. The predicted octanol–water partition coefficient (Wildman–Crippen LogP) is 2.13. The Kier molecular flexibility index (Phi) is 6.13. The van der Waals surface area contributed by atoms with Crippen LogP contribution >= 0.6 is 0 Å². The molecule has 1 N–H and O–H groups in total. The number of nitrogens with one attached hydrogen (secondary N) is 1. The third-order valence-corrected chi connectivity index (χ3v) is 5.34. The first-order chi connectivity index (χ1) is 15.0. The average molecular weight is 426 g/mol. The van der Waals surface area contributed by atoms with Gasteiger partial charge in [0.2, 0.25) is 0 Å². The molecule has 1 aromatic carbocycles. The molecule has 0 unspecified atom stereocenters. The van der Waals surface area contributed by atoms with Gasteiger partial charge in [0, 0.05) is 56.3 Å². The number of ether oxygens (including phenoxy) is 2. The highest BCUT2D eigenvalue weighted by molar-refractivity contribution is 5.93. The van der Waals surface area contributed by atoms with Crippen molar-refractivity contribution < 1.29 is 18.7 Å². The number of fused-ring (bicyclic) bond motifs is 1. The number of pyridine rings is 1. The van der Waals surface area contributed by atoms with Crippen LogP contribution in [-0.4, -0.2) is 45.8 Å². The Morgan fingerprint density at radius 1 is 1.19 bits per heavy atom. The number of halogens is 1. The first kappa shape index (κ1) is 20.8. The van der Waals surface area contributed by atoms with E-state index in [9.17, 15) is 14.0 Å². The molecule has 0 radical (unpaired) electrons. The normalized spacial score (nSPS) is 14.0. The minimum Gasteiger partial charge on any atom is -0.488 e. The van der Waals surface area contributed by atoms with Gasteiger partial charge in [-0.1, -0.05) is 12.1 Å². The Morgan fingerprint density at radius 3 is 2.71 bits per heavy atom. The summed E-state index contributed by atoms with van der Waals surface area (Å²) in [6.07, 6.45) is 2.19. The molecule has 0 fully saturated rings. The summed E-state index contributed by atoms with van der Waals surface area (Å²) in [5.74, 6) is -0.726. The highest BCUT2D eigenvalue weighted by Gasteiger charge is 2.26. The van der Waals surface area contributed by atoms with Crippen LogP contribution in [0.4, 0.5) is 4.39 Å². The van der Waals surface area contributed by atoms with Crippen LogP contribution in [0.3, 0.4) is 0 Å². The van der Waals surface area contributed by atoms with Crippen LogP contribution in [0.5, 0.6) is 5.75 Å². The van der Waals surface area contributed by atoms with Gasteiger partial charge in [0.05, 0.1) is 7.11 Å². The smallest absolute Gasteiger partial charge is 0.343 e. The number of carbonyl (C=O) groups is 1. The molecule has 31 heavy (non-hydrogen) atoms. The largest absolute Gasteiger partial charge is 0.488 e. The van der Waals surface area contributed by atoms with Gasteiger partial charge in [-0.05, 0) is 23.8 Å². The number of aromatic amines is 1. The van der Waals surface area contributed by atoms with Gasteiger partial charge >= 0.3 is 5.97 Å². The van der Waals surface area contributed by atoms with Crippen molar-refractivity contribution in [1.29, 1.82) is 0 Å². The van der Waals surface area contributed by atoms with E-state index >= 15 is 0 Å². The molecular weight excluding hydrogens is 403 g/mol. The molecule has 0 atom stereocenters. The van der Waals surface area contributed by atoms with Crippen LogP contribution in [0.25, 0.3) is 0 Å². The standard InChI is InChI=1S/C22H23FN4O4/c1-30-22(29)21-18-7-9-26(13-17-6-8-24-25-17)10-11-27(18)20(28)12-19(21)31-14-15-2-4-16(23)5-3-15/h2-6,8,12H,7,9-11,13-14H2,1H3,(H,24,25). The number of H-pyrrole nitrogens is 1. The summed E-state index contributed by atoms with van der Waals surface area (Å²) in [5, 5.41) is 6.91. The van der Waals surface area contributed by atoms with E-state index in [2.05, 4.69) is 15.1 Å². The van der Waals surface area contributed by atoms with Gasteiger partial charge in [-0.3, -0.25) is 14.8 Å².